The van der Waals surface area contributed by atoms with E-state index in [4.69, 9.17) is 16.3 Å². The molecule has 122 valence electrons. The van der Waals surface area contributed by atoms with E-state index in [2.05, 4.69) is 4.98 Å². The fourth-order valence-corrected chi connectivity index (χ4v) is 2.92. The number of hydrogen-bond acceptors (Lipinski definition) is 3. The maximum absolute atomic E-state index is 11.7. The molecule has 4 nitrogen and oxygen atoms in total. The number of ether oxygens (including phenoxy) is 1. The van der Waals surface area contributed by atoms with Gasteiger partial charge in [0.05, 0.1) is 23.9 Å². The lowest BCUT2D eigenvalue weighted by Gasteiger charge is -2.12. The number of carboxylic acids is 1. The van der Waals surface area contributed by atoms with E-state index in [-0.39, 0.29) is 5.56 Å². The van der Waals surface area contributed by atoms with E-state index in [0.29, 0.717) is 21.6 Å². The molecule has 0 aliphatic heterocycles. The highest BCUT2D eigenvalue weighted by atomic mass is 35.5. The van der Waals surface area contributed by atoms with Crippen LogP contribution in [0.1, 0.15) is 21.5 Å². The average molecular weight is 342 g/mol. The number of nitrogens with zero attached hydrogens (tertiary/aromatic N) is 1. The number of aromatic carboxylic acids is 1. The highest BCUT2D eigenvalue weighted by Crippen LogP contribution is 2.32. The van der Waals surface area contributed by atoms with Crippen LogP contribution in [0.15, 0.2) is 36.4 Å². The molecule has 0 amide bonds. The molecule has 5 heteroatoms. The Morgan fingerprint density at radius 1 is 1.17 bits per heavy atom. The molecule has 24 heavy (non-hydrogen) atoms. The first-order valence-electron chi connectivity index (χ1n) is 7.40. The molecule has 1 heterocycles. The Kier molecular flexibility index (Phi) is 4.16. The molecule has 1 aromatic heterocycles. The lowest BCUT2D eigenvalue weighted by molar-refractivity contribution is 0.0699. The minimum Gasteiger partial charge on any atom is -0.497 e. The molecule has 0 fully saturated rings. The lowest BCUT2D eigenvalue weighted by atomic mass is 9.99. The first kappa shape index (κ1) is 16.3. The fraction of sp³-hybridized carbons (Fsp3) is 0.158. The van der Waals surface area contributed by atoms with Crippen molar-refractivity contribution in [1.29, 1.82) is 0 Å². The molecule has 2 aromatic carbocycles. The van der Waals surface area contributed by atoms with Gasteiger partial charge in [0.15, 0.2) is 0 Å². The number of halogens is 1. The van der Waals surface area contributed by atoms with Crippen molar-refractivity contribution in [2.24, 2.45) is 0 Å². The Bertz CT molecular complexity index is 966. The van der Waals surface area contributed by atoms with Crippen LogP contribution >= 0.6 is 11.6 Å². The third-order valence-electron chi connectivity index (χ3n) is 4.11. The van der Waals surface area contributed by atoms with Gasteiger partial charge in [-0.2, -0.15) is 0 Å². The summed E-state index contributed by atoms with van der Waals surface area (Å²) in [4.78, 5) is 16.4. The zero-order chi connectivity index (χ0) is 17.4. The van der Waals surface area contributed by atoms with Crippen molar-refractivity contribution in [1.82, 2.24) is 4.98 Å². The Labute approximate surface area is 144 Å². The second kappa shape index (κ2) is 6.13. The SMILES string of the molecule is COc1ccc(-c2cc(C(=O)O)c3ccc(Cl)c(C)c3n2)c(C)c1. The summed E-state index contributed by atoms with van der Waals surface area (Å²) in [6.45, 7) is 3.78. The number of aryl methyl sites for hydroxylation is 2. The monoisotopic (exact) mass is 341 g/mol. The zero-order valence-electron chi connectivity index (χ0n) is 13.6. The highest BCUT2D eigenvalue weighted by Gasteiger charge is 2.16. The molecule has 0 aliphatic carbocycles. The minimum atomic E-state index is -0.989. The number of rotatable bonds is 3. The largest absolute Gasteiger partial charge is 0.497 e. The Balaban J connectivity index is 2.33. The van der Waals surface area contributed by atoms with Crippen molar-refractivity contribution in [2.75, 3.05) is 7.11 Å². The molecule has 1 N–H and O–H groups in total. The summed E-state index contributed by atoms with van der Waals surface area (Å²) in [6.07, 6.45) is 0. The van der Waals surface area contributed by atoms with Crippen LogP contribution < -0.4 is 4.74 Å². The summed E-state index contributed by atoms with van der Waals surface area (Å²) < 4.78 is 5.22. The molecule has 0 radical (unpaired) electrons. The van der Waals surface area contributed by atoms with Gasteiger partial charge >= 0.3 is 5.97 Å². The van der Waals surface area contributed by atoms with Gasteiger partial charge in [0.2, 0.25) is 0 Å². The number of carbonyl (C=O) groups is 1. The number of hydrogen-bond donors (Lipinski definition) is 1. The summed E-state index contributed by atoms with van der Waals surface area (Å²) in [5, 5.41) is 10.7. The van der Waals surface area contributed by atoms with Gasteiger partial charge in [-0.05, 0) is 55.3 Å². The van der Waals surface area contributed by atoms with E-state index in [1.165, 1.54) is 0 Å². The van der Waals surface area contributed by atoms with E-state index in [9.17, 15) is 9.90 Å². The van der Waals surface area contributed by atoms with Gasteiger partial charge in [0.25, 0.3) is 0 Å². The number of benzene rings is 2. The van der Waals surface area contributed by atoms with Crippen LogP contribution in [0.4, 0.5) is 0 Å². The van der Waals surface area contributed by atoms with Crippen molar-refractivity contribution in [3.05, 3.63) is 58.1 Å². The molecule has 0 saturated carbocycles. The summed E-state index contributed by atoms with van der Waals surface area (Å²) >= 11 is 6.18. The van der Waals surface area contributed by atoms with Crippen LogP contribution in [0.25, 0.3) is 22.2 Å². The molecule has 0 aliphatic rings. The van der Waals surface area contributed by atoms with E-state index in [1.54, 1.807) is 25.3 Å². The summed E-state index contributed by atoms with van der Waals surface area (Å²) in [5.41, 5.74) is 4.00. The first-order chi connectivity index (χ1) is 11.4. The maximum Gasteiger partial charge on any atom is 0.336 e. The van der Waals surface area contributed by atoms with Gasteiger partial charge in [-0.25, -0.2) is 9.78 Å². The van der Waals surface area contributed by atoms with Crippen molar-refractivity contribution in [3.8, 4) is 17.0 Å². The highest BCUT2D eigenvalue weighted by molar-refractivity contribution is 6.32. The Morgan fingerprint density at radius 3 is 2.54 bits per heavy atom. The van der Waals surface area contributed by atoms with Gasteiger partial charge in [0, 0.05) is 16.0 Å². The Morgan fingerprint density at radius 2 is 1.92 bits per heavy atom. The molecule has 0 saturated heterocycles. The van der Waals surface area contributed by atoms with Crippen molar-refractivity contribution >= 4 is 28.5 Å². The van der Waals surface area contributed by atoms with Gasteiger partial charge in [0.1, 0.15) is 5.75 Å². The standard InChI is InChI=1S/C19H16ClNO3/c1-10-8-12(24-3)4-5-13(10)17-9-15(19(22)23)14-6-7-16(20)11(2)18(14)21-17/h4-9H,1-3H3,(H,22,23). The number of methoxy groups -OCH3 is 1. The van der Waals surface area contributed by atoms with Crippen molar-refractivity contribution in [3.63, 3.8) is 0 Å². The van der Waals surface area contributed by atoms with Crippen LogP contribution in [0, 0.1) is 13.8 Å². The predicted molar refractivity (Wildman–Crippen MR) is 95.2 cm³/mol. The second-order valence-electron chi connectivity index (χ2n) is 5.61. The smallest absolute Gasteiger partial charge is 0.336 e. The van der Waals surface area contributed by atoms with Crippen LogP contribution in [0.2, 0.25) is 5.02 Å². The van der Waals surface area contributed by atoms with Gasteiger partial charge in [-0.3, -0.25) is 0 Å². The predicted octanol–water partition coefficient (Wildman–Crippen LogP) is 4.88. The van der Waals surface area contributed by atoms with E-state index < -0.39 is 5.97 Å². The average Bonchev–Trinajstić information content (AvgIpc) is 2.57. The molecular formula is C19H16ClNO3. The van der Waals surface area contributed by atoms with Crippen LogP contribution in [0.5, 0.6) is 5.75 Å². The van der Waals surface area contributed by atoms with E-state index in [1.807, 2.05) is 32.0 Å². The molecule has 3 rings (SSSR count). The molecule has 3 aromatic rings. The van der Waals surface area contributed by atoms with E-state index >= 15 is 0 Å². The topological polar surface area (TPSA) is 59.4 Å². The number of fused-ring (bicyclic) bond motifs is 1. The second-order valence-corrected chi connectivity index (χ2v) is 6.02. The van der Waals surface area contributed by atoms with Gasteiger partial charge in [-0.1, -0.05) is 17.7 Å². The molecule has 0 bridgehead atoms. The maximum atomic E-state index is 11.7. The number of pyridine rings is 1. The lowest BCUT2D eigenvalue weighted by Crippen LogP contribution is -2.02. The van der Waals surface area contributed by atoms with Crippen LogP contribution in [-0.2, 0) is 0 Å². The van der Waals surface area contributed by atoms with E-state index in [0.717, 1.165) is 22.4 Å². The van der Waals surface area contributed by atoms with Crippen molar-refractivity contribution in [2.45, 2.75) is 13.8 Å². The normalized spacial score (nSPS) is 10.8. The third-order valence-corrected chi connectivity index (χ3v) is 4.52. The van der Waals surface area contributed by atoms with Crippen molar-refractivity contribution < 1.29 is 14.6 Å². The Hall–Kier alpha value is -2.59. The summed E-state index contributed by atoms with van der Waals surface area (Å²) in [7, 11) is 1.61. The summed E-state index contributed by atoms with van der Waals surface area (Å²) in [5.74, 6) is -0.244. The molecule has 0 spiro atoms. The van der Waals surface area contributed by atoms with Gasteiger partial charge < -0.3 is 9.84 Å². The fourth-order valence-electron chi connectivity index (χ4n) is 2.77. The summed E-state index contributed by atoms with van der Waals surface area (Å²) in [6, 6.07) is 10.6. The van der Waals surface area contributed by atoms with Gasteiger partial charge in [-0.15, -0.1) is 0 Å². The molecule has 0 atom stereocenters. The zero-order valence-corrected chi connectivity index (χ0v) is 14.3. The minimum absolute atomic E-state index is 0.213. The molecular weight excluding hydrogens is 326 g/mol. The van der Waals surface area contributed by atoms with Crippen LogP contribution in [-0.4, -0.2) is 23.2 Å². The van der Waals surface area contributed by atoms with Crippen LogP contribution in [0.3, 0.4) is 0 Å². The molecule has 0 unspecified atom stereocenters. The first-order valence-corrected chi connectivity index (χ1v) is 7.78. The third kappa shape index (κ3) is 2.69. The quantitative estimate of drug-likeness (QED) is 0.737. The number of aromatic nitrogens is 1. The number of carboxylic acid groups (broad SMARTS) is 1.